The predicted molar refractivity (Wildman–Crippen MR) is 58.9 cm³/mol. The number of aliphatic hydroxyl groups is 1. The number of anilines is 1. The summed E-state index contributed by atoms with van der Waals surface area (Å²) in [5, 5.41) is 9.94. The molecule has 0 aromatic heterocycles. The van der Waals surface area contributed by atoms with Gasteiger partial charge >= 0.3 is 0 Å². The van der Waals surface area contributed by atoms with Crippen molar-refractivity contribution in [2.24, 2.45) is 0 Å². The summed E-state index contributed by atoms with van der Waals surface area (Å²) in [5.41, 5.74) is 1.16. The van der Waals surface area contributed by atoms with Crippen LogP contribution in [-0.2, 0) is 0 Å². The summed E-state index contributed by atoms with van der Waals surface area (Å²) in [4.78, 5) is 2.25. The van der Waals surface area contributed by atoms with Crippen LogP contribution >= 0.6 is 11.6 Å². The summed E-state index contributed by atoms with van der Waals surface area (Å²) in [7, 11) is 0. The van der Waals surface area contributed by atoms with E-state index >= 15 is 0 Å². The second-order valence-corrected chi connectivity index (χ2v) is 4.08. The van der Waals surface area contributed by atoms with Crippen LogP contribution < -0.4 is 4.90 Å². The van der Waals surface area contributed by atoms with Gasteiger partial charge in [0.15, 0.2) is 0 Å². The maximum absolute atomic E-state index is 9.18. The quantitative estimate of drug-likeness (QED) is 0.812. The number of nitrogens with zero attached hydrogens (tertiary/aromatic N) is 1. The van der Waals surface area contributed by atoms with E-state index in [1.165, 1.54) is 0 Å². The Kier molecular flexibility index (Phi) is 2.94. The number of aliphatic hydroxyl groups excluding tert-OH is 1. The summed E-state index contributed by atoms with van der Waals surface area (Å²) in [5.74, 6) is 0. The molecule has 1 saturated heterocycles. The molecule has 1 N–H and O–H groups in total. The molecule has 0 radical (unpaired) electrons. The molecule has 1 aromatic carbocycles. The molecule has 0 bridgehead atoms. The van der Waals surface area contributed by atoms with E-state index in [1.54, 1.807) is 0 Å². The fourth-order valence-corrected chi connectivity index (χ4v) is 2.12. The minimum atomic E-state index is 0.239. The predicted octanol–water partition coefficient (Wildman–Crippen LogP) is 2.30. The SMILES string of the molecule is OC[C@@H]1CCCN1c1ccc(Cl)cc1. The lowest BCUT2D eigenvalue weighted by Gasteiger charge is -2.25. The lowest BCUT2D eigenvalue weighted by molar-refractivity contribution is 0.266. The van der Waals surface area contributed by atoms with Crippen molar-refractivity contribution in [1.29, 1.82) is 0 Å². The average molecular weight is 212 g/mol. The minimum Gasteiger partial charge on any atom is -0.394 e. The molecule has 1 aliphatic heterocycles. The largest absolute Gasteiger partial charge is 0.394 e. The van der Waals surface area contributed by atoms with Gasteiger partial charge in [-0.3, -0.25) is 0 Å². The molecule has 2 nitrogen and oxygen atoms in total. The number of hydrogen-bond acceptors (Lipinski definition) is 2. The monoisotopic (exact) mass is 211 g/mol. The zero-order valence-corrected chi connectivity index (χ0v) is 8.74. The van der Waals surface area contributed by atoms with E-state index in [0.717, 1.165) is 30.1 Å². The van der Waals surface area contributed by atoms with Gasteiger partial charge in [0, 0.05) is 17.3 Å². The smallest absolute Gasteiger partial charge is 0.0635 e. The first-order valence-electron chi connectivity index (χ1n) is 4.94. The lowest BCUT2D eigenvalue weighted by Crippen LogP contribution is -2.31. The van der Waals surface area contributed by atoms with Gasteiger partial charge in [-0.05, 0) is 37.1 Å². The molecule has 1 heterocycles. The normalized spacial score (nSPS) is 21.6. The van der Waals surface area contributed by atoms with Crippen LogP contribution in [-0.4, -0.2) is 24.3 Å². The molecule has 0 saturated carbocycles. The van der Waals surface area contributed by atoms with E-state index < -0.39 is 0 Å². The van der Waals surface area contributed by atoms with Gasteiger partial charge in [0.25, 0.3) is 0 Å². The fourth-order valence-electron chi connectivity index (χ4n) is 2.00. The van der Waals surface area contributed by atoms with E-state index in [0.29, 0.717) is 0 Å². The summed E-state index contributed by atoms with van der Waals surface area (Å²) in [6, 6.07) is 8.09. The number of rotatable bonds is 2. The van der Waals surface area contributed by atoms with Crippen molar-refractivity contribution in [3.05, 3.63) is 29.3 Å². The van der Waals surface area contributed by atoms with Gasteiger partial charge in [-0.15, -0.1) is 0 Å². The van der Waals surface area contributed by atoms with Gasteiger partial charge < -0.3 is 10.0 Å². The second kappa shape index (κ2) is 4.20. The molecule has 0 spiro atoms. The highest BCUT2D eigenvalue weighted by Gasteiger charge is 2.23. The molecule has 1 aliphatic rings. The van der Waals surface area contributed by atoms with Crippen molar-refractivity contribution in [2.45, 2.75) is 18.9 Å². The highest BCUT2D eigenvalue weighted by molar-refractivity contribution is 6.30. The molecule has 0 amide bonds. The van der Waals surface area contributed by atoms with Crippen LogP contribution in [0.15, 0.2) is 24.3 Å². The first-order valence-corrected chi connectivity index (χ1v) is 5.32. The third-order valence-corrected chi connectivity index (χ3v) is 3.00. The van der Waals surface area contributed by atoms with Crippen LogP contribution in [0.25, 0.3) is 0 Å². The van der Waals surface area contributed by atoms with Crippen LogP contribution in [0.1, 0.15) is 12.8 Å². The third kappa shape index (κ3) is 1.86. The first kappa shape index (κ1) is 9.81. The van der Waals surface area contributed by atoms with Gasteiger partial charge in [-0.25, -0.2) is 0 Å². The summed E-state index contributed by atoms with van der Waals surface area (Å²) < 4.78 is 0. The van der Waals surface area contributed by atoms with Crippen LogP contribution in [0.2, 0.25) is 5.02 Å². The van der Waals surface area contributed by atoms with Gasteiger partial charge in [-0.1, -0.05) is 11.6 Å². The van der Waals surface area contributed by atoms with E-state index in [4.69, 9.17) is 11.6 Å². The number of halogens is 1. The molecule has 14 heavy (non-hydrogen) atoms. The molecule has 3 heteroatoms. The maximum Gasteiger partial charge on any atom is 0.0635 e. The van der Waals surface area contributed by atoms with E-state index in [9.17, 15) is 5.11 Å². The third-order valence-electron chi connectivity index (χ3n) is 2.75. The highest BCUT2D eigenvalue weighted by Crippen LogP contribution is 2.26. The Morgan fingerprint density at radius 1 is 1.36 bits per heavy atom. The first-order chi connectivity index (χ1) is 6.81. The van der Waals surface area contributed by atoms with Crippen molar-refractivity contribution < 1.29 is 5.11 Å². The Morgan fingerprint density at radius 3 is 2.71 bits per heavy atom. The molecule has 0 aliphatic carbocycles. The fraction of sp³-hybridized carbons (Fsp3) is 0.455. The molecule has 2 rings (SSSR count). The van der Waals surface area contributed by atoms with Gasteiger partial charge in [0.05, 0.1) is 12.6 Å². The summed E-state index contributed by atoms with van der Waals surface area (Å²) >= 11 is 5.82. The zero-order chi connectivity index (χ0) is 9.97. The molecule has 1 atom stereocenters. The van der Waals surface area contributed by atoms with Gasteiger partial charge in [0.2, 0.25) is 0 Å². The molecule has 1 aromatic rings. The Morgan fingerprint density at radius 2 is 2.07 bits per heavy atom. The van der Waals surface area contributed by atoms with E-state index in [2.05, 4.69) is 4.90 Å². The average Bonchev–Trinajstić information content (AvgIpc) is 2.67. The van der Waals surface area contributed by atoms with Crippen molar-refractivity contribution in [2.75, 3.05) is 18.1 Å². The Bertz CT molecular complexity index is 299. The summed E-state index contributed by atoms with van der Waals surface area (Å²) in [6.07, 6.45) is 2.24. The maximum atomic E-state index is 9.18. The van der Waals surface area contributed by atoms with Crippen LogP contribution in [0.4, 0.5) is 5.69 Å². The van der Waals surface area contributed by atoms with Crippen molar-refractivity contribution >= 4 is 17.3 Å². The highest BCUT2D eigenvalue weighted by atomic mass is 35.5. The minimum absolute atomic E-state index is 0.239. The Labute approximate surface area is 89.1 Å². The van der Waals surface area contributed by atoms with Crippen LogP contribution in [0.3, 0.4) is 0 Å². The standard InChI is InChI=1S/C11H14ClNO/c12-9-3-5-10(6-4-9)13-7-1-2-11(13)8-14/h3-6,11,14H,1-2,7-8H2/t11-/m0/s1. The number of benzene rings is 1. The molecular weight excluding hydrogens is 198 g/mol. The van der Waals surface area contributed by atoms with E-state index in [-0.39, 0.29) is 12.6 Å². The van der Waals surface area contributed by atoms with Crippen molar-refractivity contribution in [3.8, 4) is 0 Å². The Hall–Kier alpha value is -0.730. The second-order valence-electron chi connectivity index (χ2n) is 3.65. The van der Waals surface area contributed by atoms with E-state index in [1.807, 2.05) is 24.3 Å². The Balaban J connectivity index is 2.17. The van der Waals surface area contributed by atoms with Crippen molar-refractivity contribution in [3.63, 3.8) is 0 Å². The molecule has 1 fully saturated rings. The number of hydrogen-bond donors (Lipinski definition) is 1. The van der Waals surface area contributed by atoms with Gasteiger partial charge in [0.1, 0.15) is 0 Å². The van der Waals surface area contributed by atoms with Crippen LogP contribution in [0.5, 0.6) is 0 Å². The summed E-state index contributed by atoms with van der Waals surface area (Å²) in [6.45, 7) is 1.27. The van der Waals surface area contributed by atoms with Crippen molar-refractivity contribution in [1.82, 2.24) is 0 Å². The van der Waals surface area contributed by atoms with Crippen LogP contribution in [0, 0.1) is 0 Å². The molecule has 0 unspecified atom stereocenters. The molecular formula is C11H14ClNO. The zero-order valence-electron chi connectivity index (χ0n) is 7.99. The molecule has 76 valence electrons. The van der Waals surface area contributed by atoms with Gasteiger partial charge in [-0.2, -0.15) is 0 Å². The topological polar surface area (TPSA) is 23.5 Å². The lowest BCUT2D eigenvalue weighted by atomic mass is 10.2.